The third kappa shape index (κ3) is 4.89. The molecule has 1 aromatic carbocycles. The summed E-state index contributed by atoms with van der Waals surface area (Å²) in [7, 11) is 0. The minimum absolute atomic E-state index is 0.231. The molecule has 2 atom stereocenters. The number of hydrogen-bond acceptors (Lipinski definition) is 6. The maximum atomic E-state index is 12.4. The molecule has 1 fully saturated rings. The van der Waals surface area contributed by atoms with Crippen LogP contribution in [0.25, 0.3) is 0 Å². The highest BCUT2D eigenvalue weighted by atomic mass is 16.7. The molecule has 1 aromatic rings. The maximum Gasteiger partial charge on any atom is 0.256 e. The predicted molar refractivity (Wildman–Crippen MR) is 89.9 cm³/mol. The largest absolute Gasteiger partial charge is 0.365 e. The van der Waals surface area contributed by atoms with Gasteiger partial charge >= 0.3 is 0 Å². The first-order chi connectivity index (χ1) is 11.9. The molecule has 0 spiro atoms. The summed E-state index contributed by atoms with van der Waals surface area (Å²) in [6, 6.07) is 7.67. The summed E-state index contributed by atoms with van der Waals surface area (Å²) in [5.41, 5.74) is 14.3. The van der Waals surface area contributed by atoms with Crippen LogP contribution in [-0.2, 0) is 11.2 Å². The Morgan fingerprint density at radius 1 is 1.52 bits per heavy atom. The molecule has 1 saturated heterocycles. The van der Waals surface area contributed by atoms with Crippen molar-refractivity contribution in [3.8, 4) is 6.07 Å². The van der Waals surface area contributed by atoms with Crippen LogP contribution in [0.5, 0.6) is 0 Å². The zero-order valence-electron chi connectivity index (χ0n) is 13.5. The third-order valence-corrected chi connectivity index (χ3v) is 3.85. The monoisotopic (exact) mass is 345 g/mol. The van der Waals surface area contributed by atoms with E-state index in [1.807, 2.05) is 0 Å². The van der Waals surface area contributed by atoms with Crippen LogP contribution >= 0.6 is 0 Å². The molecule has 0 aliphatic carbocycles. The lowest BCUT2D eigenvalue weighted by Crippen LogP contribution is -2.46. The number of amides is 1. The van der Waals surface area contributed by atoms with Gasteiger partial charge in [-0.1, -0.05) is 17.6 Å². The molecule has 0 aromatic heterocycles. The van der Waals surface area contributed by atoms with Gasteiger partial charge in [0.25, 0.3) is 5.96 Å². The van der Waals surface area contributed by atoms with E-state index in [2.05, 4.69) is 11.1 Å². The normalized spacial score (nSPS) is 18.5. The van der Waals surface area contributed by atoms with Crippen molar-refractivity contribution in [1.82, 2.24) is 10.3 Å². The van der Waals surface area contributed by atoms with Crippen LogP contribution < -0.4 is 16.9 Å². The first kappa shape index (κ1) is 18.2. The Kier molecular flexibility index (Phi) is 5.86. The van der Waals surface area contributed by atoms with Gasteiger partial charge in [-0.25, -0.2) is 15.1 Å². The van der Waals surface area contributed by atoms with E-state index in [-0.39, 0.29) is 11.9 Å². The Bertz CT molecular complexity index is 711. The van der Waals surface area contributed by atoms with E-state index in [1.54, 1.807) is 29.7 Å². The third-order valence-electron chi connectivity index (χ3n) is 3.85. The van der Waals surface area contributed by atoms with Gasteiger partial charge in [0.2, 0.25) is 5.91 Å². The summed E-state index contributed by atoms with van der Waals surface area (Å²) in [6.45, 7) is 0.557. The zero-order chi connectivity index (χ0) is 18.4. The second-order valence-electron chi connectivity index (χ2n) is 5.66. The average Bonchev–Trinajstić information content (AvgIpc) is 3.03. The van der Waals surface area contributed by atoms with E-state index in [4.69, 9.17) is 16.7 Å². The van der Waals surface area contributed by atoms with Crippen molar-refractivity contribution < 1.29 is 9.83 Å². The summed E-state index contributed by atoms with van der Waals surface area (Å²) >= 11 is 0. The van der Waals surface area contributed by atoms with E-state index in [1.165, 1.54) is 4.90 Å². The molecule has 10 nitrogen and oxygen atoms in total. The van der Waals surface area contributed by atoms with Crippen molar-refractivity contribution >= 4 is 17.6 Å². The molecule has 132 valence electrons. The number of nitrogens with zero attached hydrogens (tertiary/aromatic N) is 4. The molecule has 1 aliphatic heterocycles. The van der Waals surface area contributed by atoms with Crippen molar-refractivity contribution in [2.45, 2.75) is 31.3 Å². The van der Waals surface area contributed by atoms with Gasteiger partial charge in [0, 0.05) is 6.54 Å². The fourth-order valence-corrected chi connectivity index (χ4v) is 2.68. The molecule has 10 heteroatoms. The van der Waals surface area contributed by atoms with Gasteiger partial charge in [-0.3, -0.25) is 4.79 Å². The molecule has 25 heavy (non-hydrogen) atoms. The number of aliphatic imine (C=N–C) groups is 1. The number of nitrogens with two attached hydrogens (primary N) is 2. The number of likely N-dealkylation sites (tertiary alicyclic amines) is 1. The zero-order valence-corrected chi connectivity index (χ0v) is 13.5. The van der Waals surface area contributed by atoms with Crippen LogP contribution in [0.4, 0.5) is 5.69 Å². The molecular weight excluding hydrogens is 326 g/mol. The average molecular weight is 345 g/mol. The quantitative estimate of drug-likeness (QED) is 0.288. The minimum Gasteiger partial charge on any atom is -0.365 e. The first-order valence-electron chi connectivity index (χ1n) is 7.70. The smallest absolute Gasteiger partial charge is 0.256 e. The number of hydrazine groups is 1. The number of nitrogens with one attached hydrogen (secondary N) is 1. The number of carbonyl (C=O) groups excluding carboxylic acids is 1. The van der Waals surface area contributed by atoms with E-state index in [0.717, 1.165) is 12.0 Å². The molecule has 0 bridgehead atoms. The van der Waals surface area contributed by atoms with Gasteiger partial charge < -0.3 is 16.4 Å². The molecule has 1 heterocycles. The molecular formula is C15H19N7O3. The lowest BCUT2D eigenvalue weighted by atomic mass is 10.0. The van der Waals surface area contributed by atoms with Crippen LogP contribution in [0, 0.1) is 21.4 Å². The van der Waals surface area contributed by atoms with Gasteiger partial charge in [0.15, 0.2) is 5.03 Å². The van der Waals surface area contributed by atoms with Crippen molar-refractivity contribution in [3.05, 3.63) is 39.9 Å². The van der Waals surface area contributed by atoms with Crippen LogP contribution in [-0.4, -0.2) is 40.4 Å². The molecule has 2 unspecified atom stereocenters. The summed E-state index contributed by atoms with van der Waals surface area (Å²) in [5.74, 6) is -0.563. The number of carbonyl (C=O) groups is 1. The number of benzene rings is 1. The first-order valence-corrected chi connectivity index (χ1v) is 7.70. The fraction of sp³-hybridized carbons (Fsp3) is 0.400. The second-order valence-corrected chi connectivity index (χ2v) is 5.66. The Morgan fingerprint density at radius 2 is 2.20 bits per heavy atom. The Labute approximate surface area is 144 Å². The van der Waals surface area contributed by atoms with E-state index in [0.29, 0.717) is 25.1 Å². The van der Waals surface area contributed by atoms with Crippen molar-refractivity contribution in [1.29, 1.82) is 5.26 Å². The van der Waals surface area contributed by atoms with Crippen molar-refractivity contribution in [3.63, 3.8) is 0 Å². The van der Waals surface area contributed by atoms with Gasteiger partial charge in [0.1, 0.15) is 6.04 Å². The fourth-order valence-electron chi connectivity index (χ4n) is 2.68. The van der Waals surface area contributed by atoms with Gasteiger partial charge in [-0.15, -0.1) is 0 Å². The van der Waals surface area contributed by atoms with Crippen molar-refractivity contribution in [2.24, 2.45) is 16.5 Å². The number of nitriles is 1. The summed E-state index contributed by atoms with van der Waals surface area (Å²) < 4.78 is 0. The molecule has 5 N–H and O–H groups in total. The molecule has 1 amide bonds. The lowest BCUT2D eigenvalue weighted by molar-refractivity contribution is -0.525. The molecule has 0 saturated carbocycles. The maximum absolute atomic E-state index is 12.4. The summed E-state index contributed by atoms with van der Waals surface area (Å²) in [4.78, 5) is 28.0. The van der Waals surface area contributed by atoms with Crippen LogP contribution in [0.1, 0.15) is 18.4 Å². The van der Waals surface area contributed by atoms with Crippen molar-refractivity contribution in [2.75, 3.05) is 6.54 Å². The highest BCUT2D eigenvalue weighted by Gasteiger charge is 2.31. The molecule has 1 aliphatic rings. The standard InChI is InChI=1S/C15H19N7O3/c16-9-12-2-1-7-21(12)14(23)13(17)8-10-3-5-11(6-4-10)19-15(18)20-22(24)25/h3-6,12-13H,1-2,7-8,17H2,(H3,18,19,20). The predicted octanol–water partition coefficient (Wildman–Crippen LogP) is -0.202. The summed E-state index contributed by atoms with van der Waals surface area (Å²) in [6.07, 6.45) is 1.81. The van der Waals surface area contributed by atoms with Gasteiger partial charge in [0.05, 0.1) is 17.8 Å². The lowest BCUT2D eigenvalue weighted by Gasteiger charge is -2.23. The Morgan fingerprint density at radius 3 is 2.80 bits per heavy atom. The topological polar surface area (TPSA) is 164 Å². The highest BCUT2D eigenvalue weighted by Crippen LogP contribution is 2.19. The molecule has 0 radical (unpaired) electrons. The number of rotatable bonds is 5. The second kappa shape index (κ2) is 8.07. The number of hydrogen-bond donors (Lipinski definition) is 3. The number of guanidine groups is 1. The highest BCUT2D eigenvalue weighted by molar-refractivity contribution is 5.83. The van der Waals surface area contributed by atoms with Gasteiger partial charge in [-0.05, 0) is 37.0 Å². The Hall–Kier alpha value is -3.19. The minimum atomic E-state index is -0.801. The summed E-state index contributed by atoms with van der Waals surface area (Å²) in [5, 5.41) is 18.5. The van der Waals surface area contributed by atoms with Crippen LogP contribution in [0.15, 0.2) is 29.3 Å². The van der Waals surface area contributed by atoms with Crippen LogP contribution in [0.3, 0.4) is 0 Å². The van der Waals surface area contributed by atoms with E-state index >= 15 is 0 Å². The van der Waals surface area contributed by atoms with Crippen LogP contribution in [0.2, 0.25) is 0 Å². The molecule has 2 rings (SSSR count). The van der Waals surface area contributed by atoms with Gasteiger partial charge in [-0.2, -0.15) is 5.26 Å². The number of nitro groups is 1. The van der Waals surface area contributed by atoms with E-state index in [9.17, 15) is 14.9 Å². The van der Waals surface area contributed by atoms with E-state index < -0.39 is 17.1 Å². The Balaban J connectivity index is 1.97. The SMILES string of the molecule is N#CC1CCCN1C(=O)C(N)Cc1ccc(N=C(N)N[N+](=O)[O-])cc1.